The predicted octanol–water partition coefficient (Wildman–Crippen LogP) is 6.44. The van der Waals surface area contributed by atoms with Gasteiger partial charge in [0.2, 0.25) is 0 Å². The number of non-ortho nitro benzene ring substituents is 1. The molecule has 0 aromatic heterocycles. The van der Waals surface area contributed by atoms with Gasteiger partial charge < -0.3 is 4.74 Å². The van der Waals surface area contributed by atoms with E-state index in [-0.39, 0.29) is 11.7 Å². The lowest BCUT2D eigenvalue weighted by atomic mass is 9.91. The van der Waals surface area contributed by atoms with E-state index in [0.29, 0.717) is 28.0 Å². The Hall–Kier alpha value is -2.12. The van der Waals surface area contributed by atoms with Crippen LogP contribution < -0.4 is 4.90 Å². The molecule has 148 valence electrons. The Balaban J connectivity index is 2.12. The van der Waals surface area contributed by atoms with Gasteiger partial charge in [-0.3, -0.25) is 15.0 Å². The van der Waals surface area contributed by atoms with Crippen molar-refractivity contribution in [3.05, 3.63) is 67.1 Å². The number of carbonyl (C=O) groups is 1. The van der Waals surface area contributed by atoms with E-state index >= 15 is 0 Å². The molecule has 3 rings (SSSR count). The molecule has 1 amide bonds. The fraction of sp³-hybridized carbons (Fsp3) is 0.350. The summed E-state index contributed by atoms with van der Waals surface area (Å²) in [6, 6.07) is 10.0. The number of nitro benzene ring substituents is 1. The minimum atomic E-state index is -0.674. The van der Waals surface area contributed by atoms with E-state index in [0.717, 1.165) is 11.1 Å². The summed E-state index contributed by atoms with van der Waals surface area (Å²) in [5.41, 5.74) is 1.57. The molecule has 1 aliphatic heterocycles. The summed E-state index contributed by atoms with van der Waals surface area (Å²) in [6.45, 7) is 5.41. The van der Waals surface area contributed by atoms with Crippen LogP contribution in [0.2, 0.25) is 5.02 Å². The number of amides is 1. The second-order valence-electron chi connectivity index (χ2n) is 7.65. The van der Waals surface area contributed by atoms with Gasteiger partial charge in [-0.2, -0.15) is 0 Å². The number of carbonyl (C=O) groups excluding carboxylic acids is 1. The lowest BCUT2D eigenvalue weighted by Crippen LogP contribution is -2.42. The summed E-state index contributed by atoms with van der Waals surface area (Å²) < 4.78 is 6.14. The molecular weight excluding hydrogens is 448 g/mol. The molecule has 28 heavy (non-hydrogen) atoms. The Bertz CT molecular complexity index is 925. The topological polar surface area (TPSA) is 72.7 Å². The van der Waals surface area contributed by atoms with Crippen molar-refractivity contribution in [2.45, 2.75) is 45.3 Å². The van der Waals surface area contributed by atoms with Gasteiger partial charge in [-0.25, -0.2) is 4.79 Å². The summed E-state index contributed by atoms with van der Waals surface area (Å²) in [4.78, 5) is 25.5. The number of fused-ring (bicyclic) bond motifs is 1. The van der Waals surface area contributed by atoms with Crippen molar-refractivity contribution in [3.63, 3.8) is 0 Å². The first-order valence-electron chi connectivity index (χ1n) is 8.81. The number of ether oxygens (including phenoxy) is 1. The molecule has 0 N–H and O–H groups in total. The van der Waals surface area contributed by atoms with E-state index < -0.39 is 16.6 Å². The van der Waals surface area contributed by atoms with Crippen LogP contribution in [0.3, 0.4) is 0 Å². The molecule has 0 bridgehead atoms. The molecule has 0 fully saturated rings. The molecule has 2 aromatic rings. The normalized spacial score (nSPS) is 16.5. The maximum atomic E-state index is 13.1. The van der Waals surface area contributed by atoms with Crippen molar-refractivity contribution in [2.24, 2.45) is 0 Å². The van der Waals surface area contributed by atoms with Crippen LogP contribution in [0, 0.1) is 10.1 Å². The van der Waals surface area contributed by atoms with E-state index in [2.05, 4.69) is 15.9 Å². The van der Waals surface area contributed by atoms with Gasteiger partial charge in [0.1, 0.15) is 5.60 Å². The van der Waals surface area contributed by atoms with Gasteiger partial charge in [0, 0.05) is 21.6 Å². The van der Waals surface area contributed by atoms with E-state index in [4.69, 9.17) is 16.3 Å². The van der Waals surface area contributed by atoms with Crippen LogP contribution in [0.25, 0.3) is 0 Å². The highest BCUT2D eigenvalue weighted by Gasteiger charge is 2.37. The molecule has 0 aliphatic carbocycles. The summed E-state index contributed by atoms with van der Waals surface area (Å²) in [7, 11) is 0. The zero-order valence-electron chi connectivity index (χ0n) is 15.7. The number of nitrogens with zero attached hydrogens (tertiary/aromatic N) is 2. The lowest BCUT2D eigenvalue weighted by molar-refractivity contribution is -0.385. The van der Waals surface area contributed by atoms with Crippen molar-refractivity contribution in [1.29, 1.82) is 0 Å². The molecule has 0 saturated heterocycles. The van der Waals surface area contributed by atoms with Gasteiger partial charge >= 0.3 is 6.09 Å². The number of rotatable bonds is 2. The highest BCUT2D eigenvalue weighted by molar-refractivity contribution is 9.10. The van der Waals surface area contributed by atoms with Crippen molar-refractivity contribution >= 4 is 45.0 Å². The predicted molar refractivity (Wildman–Crippen MR) is 112 cm³/mol. The molecule has 1 atom stereocenters. The molecule has 2 aromatic carbocycles. The van der Waals surface area contributed by atoms with Gasteiger partial charge in [-0.1, -0.05) is 23.7 Å². The standard InChI is InChI=1S/C20H20BrClN2O4/c1-20(2,3)28-19(25)23-17(12-4-7-14(22)8-5-12)9-6-13-10-15(24(26)27)11-16(21)18(13)23/h4-5,7-8,10-11,17H,6,9H2,1-3H3. The fourth-order valence-electron chi connectivity index (χ4n) is 3.31. The van der Waals surface area contributed by atoms with Crippen molar-refractivity contribution in [1.82, 2.24) is 0 Å². The number of benzene rings is 2. The highest BCUT2D eigenvalue weighted by atomic mass is 79.9. The van der Waals surface area contributed by atoms with Crippen LogP contribution in [0.4, 0.5) is 16.2 Å². The van der Waals surface area contributed by atoms with Gasteiger partial charge in [0.05, 0.1) is 16.7 Å². The molecule has 6 nitrogen and oxygen atoms in total. The summed E-state index contributed by atoms with van der Waals surface area (Å²) in [5, 5.41) is 11.8. The Morgan fingerprint density at radius 1 is 1.29 bits per heavy atom. The second kappa shape index (κ2) is 7.72. The average molecular weight is 468 g/mol. The van der Waals surface area contributed by atoms with Crippen molar-refractivity contribution < 1.29 is 14.5 Å². The smallest absolute Gasteiger partial charge is 0.415 e. The van der Waals surface area contributed by atoms with Crippen LogP contribution in [0.5, 0.6) is 0 Å². The first kappa shape index (κ1) is 20.6. The highest BCUT2D eigenvalue weighted by Crippen LogP contribution is 2.45. The Kier molecular flexibility index (Phi) is 5.68. The largest absolute Gasteiger partial charge is 0.443 e. The van der Waals surface area contributed by atoms with E-state index in [1.807, 2.05) is 12.1 Å². The lowest BCUT2D eigenvalue weighted by Gasteiger charge is -2.38. The Labute approximate surface area is 176 Å². The molecule has 1 heterocycles. The summed E-state index contributed by atoms with van der Waals surface area (Å²) in [6.07, 6.45) is 0.715. The minimum absolute atomic E-state index is 0.0142. The average Bonchev–Trinajstić information content (AvgIpc) is 2.59. The Morgan fingerprint density at radius 3 is 2.50 bits per heavy atom. The van der Waals surface area contributed by atoms with Crippen LogP contribution in [-0.4, -0.2) is 16.6 Å². The van der Waals surface area contributed by atoms with Crippen molar-refractivity contribution in [2.75, 3.05) is 4.90 Å². The molecule has 0 spiro atoms. The number of halogens is 2. The van der Waals surface area contributed by atoms with Gasteiger partial charge in [-0.05, 0) is 72.8 Å². The second-order valence-corrected chi connectivity index (χ2v) is 8.94. The van der Waals surface area contributed by atoms with Gasteiger partial charge in [-0.15, -0.1) is 0 Å². The third-order valence-electron chi connectivity index (χ3n) is 4.42. The maximum absolute atomic E-state index is 13.1. The first-order chi connectivity index (χ1) is 13.1. The number of hydrogen-bond acceptors (Lipinski definition) is 4. The molecule has 0 radical (unpaired) electrons. The minimum Gasteiger partial charge on any atom is -0.443 e. The van der Waals surface area contributed by atoms with Gasteiger partial charge in [0.25, 0.3) is 5.69 Å². The maximum Gasteiger partial charge on any atom is 0.415 e. The monoisotopic (exact) mass is 466 g/mol. The van der Waals surface area contributed by atoms with E-state index in [9.17, 15) is 14.9 Å². The quantitative estimate of drug-likeness (QED) is 0.376. The Morgan fingerprint density at radius 2 is 1.93 bits per heavy atom. The van der Waals surface area contributed by atoms with Crippen LogP contribution in [-0.2, 0) is 11.2 Å². The third kappa shape index (κ3) is 4.31. The first-order valence-corrected chi connectivity index (χ1v) is 9.98. The SMILES string of the molecule is CC(C)(C)OC(=O)N1c2c(Br)cc([N+](=O)[O-])cc2CCC1c1ccc(Cl)cc1. The number of nitro groups is 1. The molecule has 1 aliphatic rings. The zero-order valence-corrected chi connectivity index (χ0v) is 18.1. The van der Waals surface area contributed by atoms with Crippen LogP contribution in [0.15, 0.2) is 40.9 Å². The summed E-state index contributed by atoms with van der Waals surface area (Å²) >= 11 is 9.44. The molecule has 8 heteroatoms. The molecule has 1 unspecified atom stereocenters. The third-order valence-corrected chi connectivity index (χ3v) is 5.28. The number of aryl methyl sites for hydroxylation is 1. The zero-order chi connectivity index (χ0) is 20.6. The van der Waals surface area contributed by atoms with Crippen LogP contribution in [0.1, 0.15) is 44.4 Å². The van der Waals surface area contributed by atoms with Crippen molar-refractivity contribution in [3.8, 4) is 0 Å². The van der Waals surface area contributed by atoms with Gasteiger partial charge in [0.15, 0.2) is 0 Å². The number of anilines is 1. The number of hydrogen-bond donors (Lipinski definition) is 0. The fourth-order valence-corrected chi connectivity index (χ4v) is 4.12. The van der Waals surface area contributed by atoms with E-state index in [1.54, 1.807) is 37.8 Å². The molecular formula is C20H20BrClN2O4. The van der Waals surface area contributed by atoms with E-state index in [1.165, 1.54) is 12.1 Å². The van der Waals surface area contributed by atoms with Crippen LogP contribution >= 0.6 is 27.5 Å². The summed E-state index contributed by atoms with van der Waals surface area (Å²) in [5.74, 6) is 0. The molecule has 0 saturated carbocycles.